The van der Waals surface area contributed by atoms with E-state index in [4.69, 9.17) is 0 Å². The molecule has 1 N–H and O–H groups in total. The maximum atomic E-state index is 11.6. The zero-order chi connectivity index (χ0) is 10.8. The van der Waals surface area contributed by atoms with Crippen molar-refractivity contribution in [2.24, 2.45) is 5.92 Å². The molecule has 1 rings (SSSR count). The SMILES string of the molecule is CC(C)C(=O)N(C)CC1(O)CCCC1. The van der Waals surface area contributed by atoms with Crippen LogP contribution in [-0.2, 0) is 4.79 Å². The lowest BCUT2D eigenvalue weighted by Gasteiger charge is -2.29. The van der Waals surface area contributed by atoms with Crippen molar-refractivity contribution >= 4 is 5.91 Å². The van der Waals surface area contributed by atoms with E-state index in [0.29, 0.717) is 6.54 Å². The molecule has 0 saturated heterocycles. The fourth-order valence-electron chi connectivity index (χ4n) is 2.15. The monoisotopic (exact) mass is 199 g/mol. The Labute approximate surface area is 86.1 Å². The van der Waals surface area contributed by atoms with Gasteiger partial charge in [0.25, 0.3) is 0 Å². The van der Waals surface area contributed by atoms with Crippen molar-refractivity contribution in [3.05, 3.63) is 0 Å². The average molecular weight is 199 g/mol. The van der Waals surface area contributed by atoms with Crippen LogP contribution in [0.2, 0.25) is 0 Å². The molecule has 0 radical (unpaired) electrons. The molecule has 3 heteroatoms. The molecule has 82 valence electrons. The molecule has 1 amide bonds. The topological polar surface area (TPSA) is 40.5 Å². The predicted molar refractivity (Wildman–Crippen MR) is 55.9 cm³/mol. The molecule has 1 aliphatic carbocycles. The summed E-state index contributed by atoms with van der Waals surface area (Å²) in [6, 6.07) is 0. The molecule has 0 aromatic rings. The molecule has 3 nitrogen and oxygen atoms in total. The Morgan fingerprint density at radius 1 is 1.43 bits per heavy atom. The summed E-state index contributed by atoms with van der Waals surface area (Å²) < 4.78 is 0. The summed E-state index contributed by atoms with van der Waals surface area (Å²) in [4.78, 5) is 13.3. The second kappa shape index (κ2) is 4.30. The van der Waals surface area contributed by atoms with Crippen molar-refractivity contribution in [3.63, 3.8) is 0 Å². The lowest BCUT2D eigenvalue weighted by atomic mass is 10.0. The summed E-state index contributed by atoms with van der Waals surface area (Å²) in [5.41, 5.74) is -0.612. The first-order valence-corrected chi connectivity index (χ1v) is 5.42. The molecule has 14 heavy (non-hydrogen) atoms. The summed E-state index contributed by atoms with van der Waals surface area (Å²) >= 11 is 0. The van der Waals surface area contributed by atoms with E-state index >= 15 is 0 Å². The Kier molecular flexibility index (Phi) is 3.53. The van der Waals surface area contributed by atoms with Crippen molar-refractivity contribution in [3.8, 4) is 0 Å². The first kappa shape index (κ1) is 11.5. The van der Waals surface area contributed by atoms with Gasteiger partial charge in [-0.15, -0.1) is 0 Å². The van der Waals surface area contributed by atoms with E-state index in [0.717, 1.165) is 25.7 Å². The number of rotatable bonds is 3. The quantitative estimate of drug-likeness (QED) is 0.746. The first-order valence-electron chi connectivity index (χ1n) is 5.42. The summed E-state index contributed by atoms with van der Waals surface area (Å²) in [5.74, 6) is 0.135. The van der Waals surface area contributed by atoms with E-state index in [1.54, 1.807) is 11.9 Å². The van der Waals surface area contributed by atoms with Crippen LogP contribution in [0.4, 0.5) is 0 Å². The van der Waals surface area contributed by atoms with Crippen molar-refractivity contribution in [2.75, 3.05) is 13.6 Å². The first-order chi connectivity index (χ1) is 6.44. The fourth-order valence-corrected chi connectivity index (χ4v) is 2.15. The highest BCUT2D eigenvalue weighted by molar-refractivity contribution is 5.77. The van der Waals surface area contributed by atoms with Gasteiger partial charge in [-0.1, -0.05) is 26.7 Å². The number of nitrogens with zero attached hydrogens (tertiary/aromatic N) is 1. The normalized spacial score (nSPS) is 20.1. The molecule has 0 unspecified atom stereocenters. The predicted octanol–water partition coefficient (Wildman–Crippen LogP) is 1.41. The van der Waals surface area contributed by atoms with E-state index in [2.05, 4.69) is 0 Å². The molecule has 0 spiro atoms. The van der Waals surface area contributed by atoms with Crippen LogP contribution < -0.4 is 0 Å². The highest BCUT2D eigenvalue weighted by Gasteiger charge is 2.33. The van der Waals surface area contributed by atoms with Crippen LogP contribution in [0.15, 0.2) is 0 Å². The van der Waals surface area contributed by atoms with Crippen LogP contribution in [0.3, 0.4) is 0 Å². The maximum absolute atomic E-state index is 11.6. The van der Waals surface area contributed by atoms with Crippen LogP contribution >= 0.6 is 0 Å². The minimum Gasteiger partial charge on any atom is -0.388 e. The summed E-state index contributed by atoms with van der Waals surface area (Å²) in [6.07, 6.45) is 3.84. The number of aliphatic hydroxyl groups is 1. The zero-order valence-electron chi connectivity index (χ0n) is 9.42. The second-order valence-electron chi connectivity index (χ2n) is 4.78. The lowest BCUT2D eigenvalue weighted by Crippen LogP contribution is -2.43. The standard InChI is InChI=1S/C11H21NO2/c1-9(2)10(13)12(3)8-11(14)6-4-5-7-11/h9,14H,4-8H2,1-3H3. The number of likely N-dealkylation sites (N-methyl/N-ethyl adjacent to an activating group) is 1. The van der Waals surface area contributed by atoms with Crippen LogP contribution in [0.5, 0.6) is 0 Å². The maximum Gasteiger partial charge on any atom is 0.224 e. The minimum atomic E-state index is -0.612. The smallest absolute Gasteiger partial charge is 0.224 e. The third kappa shape index (κ3) is 2.71. The molecular weight excluding hydrogens is 178 g/mol. The Morgan fingerprint density at radius 2 is 1.93 bits per heavy atom. The molecule has 0 aromatic heterocycles. The van der Waals surface area contributed by atoms with Crippen molar-refractivity contribution in [2.45, 2.75) is 45.1 Å². The Balaban J connectivity index is 2.47. The Morgan fingerprint density at radius 3 is 2.36 bits per heavy atom. The highest BCUT2D eigenvalue weighted by atomic mass is 16.3. The van der Waals surface area contributed by atoms with Gasteiger partial charge in [0, 0.05) is 19.5 Å². The Bertz CT molecular complexity index is 207. The van der Waals surface area contributed by atoms with Crippen LogP contribution in [0.25, 0.3) is 0 Å². The van der Waals surface area contributed by atoms with E-state index < -0.39 is 5.60 Å². The highest BCUT2D eigenvalue weighted by Crippen LogP contribution is 2.30. The van der Waals surface area contributed by atoms with Crippen molar-refractivity contribution in [1.82, 2.24) is 4.90 Å². The van der Waals surface area contributed by atoms with E-state index in [1.165, 1.54) is 0 Å². The molecule has 0 heterocycles. The van der Waals surface area contributed by atoms with Gasteiger partial charge < -0.3 is 10.0 Å². The van der Waals surface area contributed by atoms with Gasteiger partial charge in [0.2, 0.25) is 5.91 Å². The van der Waals surface area contributed by atoms with Crippen LogP contribution in [0, 0.1) is 5.92 Å². The van der Waals surface area contributed by atoms with Crippen molar-refractivity contribution in [1.29, 1.82) is 0 Å². The number of hydrogen-bond acceptors (Lipinski definition) is 2. The third-order valence-electron chi connectivity index (χ3n) is 2.94. The average Bonchev–Trinajstić information content (AvgIpc) is 2.50. The van der Waals surface area contributed by atoms with Gasteiger partial charge in [-0.05, 0) is 12.8 Å². The fraction of sp³-hybridized carbons (Fsp3) is 0.909. The molecular formula is C11H21NO2. The summed E-state index contributed by atoms with van der Waals surface area (Å²) in [5, 5.41) is 10.1. The van der Waals surface area contributed by atoms with Crippen molar-refractivity contribution < 1.29 is 9.90 Å². The van der Waals surface area contributed by atoms with Gasteiger partial charge in [0.05, 0.1) is 5.60 Å². The summed E-state index contributed by atoms with van der Waals surface area (Å²) in [6.45, 7) is 4.26. The van der Waals surface area contributed by atoms with Gasteiger partial charge in [-0.2, -0.15) is 0 Å². The second-order valence-corrected chi connectivity index (χ2v) is 4.78. The molecule has 1 fully saturated rings. The van der Waals surface area contributed by atoms with Crippen LogP contribution in [0.1, 0.15) is 39.5 Å². The van der Waals surface area contributed by atoms with E-state index in [9.17, 15) is 9.90 Å². The molecule has 0 atom stereocenters. The third-order valence-corrected chi connectivity index (χ3v) is 2.94. The number of amides is 1. The zero-order valence-corrected chi connectivity index (χ0v) is 9.42. The van der Waals surface area contributed by atoms with Gasteiger partial charge in [-0.25, -0.2) is 0 Å². The minimum absolute atomic E-state index is 0.0185. The lowest BCUT2D eigenvalue weighted by molar-refractivity contribution is -0.136. The number of hydrogen-bond donors (Lipinski definition) is 1. The van der Waals surface area contributed by atoms with E-state index in [-0.39, 0.29) is 11.8 Å². The molecule has 1 aliphatic rings. The Hall–Kier alpha value is -0.570. The molecule has 1 saturated carbocycles. The summed E-state index contributed by atoms with van der Waals surface area (Å²) in [7, 11) is 1.78. The number of carbonyl (C=O) groups is 1. The van der Waals surface area contributed by atoms with Gasteiger partial charge in [0.1, 0.15) is 0 Å². The van der Waals surface area contributed by atoms with E-state index in [1.807, 2.05) is 13.8 Å². The van der Waals surface area contributed by atoms with Gasteiger partial charge >= 0.3 is 0 Å². The largest absolute Gasteiger partial charge is 0.388 e. The molecule has 0 aliphatic heterocycles. The van der Waals surface area contributed by atoms with Crippen LogP contribution in [-0.4, -0.2) is 35.1 Å². The molecule has 0 aromatic carbocycles. The molecule has 0 bridgehead atoms. The van der Waals surface area contributed by atoms with Gasteiger partial charge in [-0.3, -0.25) is 4.79 Å². The van der Waals surface area contributed by atoms with Gasteiger partial charge in [0.15, 0.2) is 0 Å². The number of carbonyl (C=O) groups excluding carboxylic acids is 1.